The molecule has 1 atom stereocenters. The lowest BCUT2D eigenvalue weighted by Gasteiger charge is -2.18. The molecule has 0 radical (unpaired) electrons. The molecule has 2 rings (SSSR count). The molecule has 0 bridgehead atoms. The van der Waals surface area contributed by atoms with Gasteiger partial charge in [0.15, 0.2) is 0 Å². The Bertz CT molecular complexity index is 344. The molecular formula is C12H18N2O2. The van der Waals surface area contributed by atoms with Crippen LogP contribution < -0.4 is 5.73 Å². The second kappa shape index (κ2) is 4.70. The second-order valence-electron chi connectivity index (χ2n) is 4.59. The van der Waals surface area contributed by atoms with Gasteiger partial charge in [0.05, 0.1) is 12.5 Å². The summed E-state index contributed by atoms with van der Waals surface area (Å²) in [7, 11) is 1.80. The first kappa shape index (κ1) is 11.2. The van der Waals surface area contributed by atoms with Gasteiger partial charge < -0.3 is 15.1 Å². The maximum atomic E-state index is 11.8. The molecule has 0 saturated heterocycles. The summed E-state index contributed by atoms with van der Waals surface area (Å²) in [5, 5.41) is 0. The van der Waals surface area contributed by atoms with Crippen molar-refractivity contribution in [2.24, 2.45) is 11.7 Å². The lowest BCUT2D eigenvalue weighted by Crippen LogP contribution is -2.34. The van der Waals surface area contributed by atoms with Crippen LogP contribution in [0.1, 0.15) is 24.8 Å². The Morgan fingerprint density at radius 1 is 1.69 bits per heavy atom. The van der Waals surface area contributed by atoms with Crippen molar-refractivity contribution in [1.82, 2.24) is 4.90 Å². The van der Waals surface area contributed by atoms with Crippen molar-refractivity contribution in [3.05, 3.63) is 24.2 Å². The molecule has 1 saturated carbocycles. The van der Waals surface area contributed by atoms with Gasteiger partial charge in [-0.2, -0.15) is 0 Å². The summed E-state index contributed by atoms with van der Waals surface area (Å²) in [6.45, 7) is 0.590. The summed E-state index contributed by atoms with van der Waals surface area (Å²) in [6, 6.07) is 1.91. The van der Waals surface area contributed by atoms with Crippen LogP contribution >= 0.6 is 0 Å². The van der Waals surface area contributed by atoms with E-state index in [1.165, 1.54) is 12.8 Å². The van der Waals surface area contributed by atoms with Crippen LogP contribution in [-0.4, -0.2) is 23.9 Å². The fourth-order valence-corrected chi connectivity index (χ4v) is 1.79. The fraction of sp³-hybridized carbons (Fsp3) is 0.583. The number of nitrogens with two attached hydrogens (primary N) is 1. The number of hydrogen-bond acceptors (Lipinski definition) is 3. The van der Waals surface area contributed by atoms with Gasteiger partial charge in [-0.3, -0.25) is 4.79 Å². The summed E-state index contributed by atoms with van der Waals surface area (Å²) in [4.78, 5) is 13.5. The number of hydrogen-bond donors (Lipinski definition) is 1. The molecule has 4 heteroatoms. The molecule has 0 aliphatic heterocycles. The number of amides is 1. The largest absolute Gasteiger partial charge is 0.472 e. The Morgan fingerprint density at radius 2 is 2.44 bits per heavy atom. The molecule has 1 aromatic heterocycles. The topological polar surface area (TPSA) is 59.5 Å². The van der Waals surface area contributed by atoms with Crippen molar-refractivity contribution in [2.75, 3.05) is 7.05 Å². The number of carbonyl (C=O) groups is 1. The zero-order chi connectivity index (χ0) is 11.5. The van der Waals surface area contributed by atoms with Crippen LogP contribution in [-0.2, 0) is 11.3 Å². The highest BCUT2D eigenvalue weighted by Crippen LogP contribution is 2.32. The van der Waals surface area contributed by atoms with E-state index in [0.717, 1.165) is 5.56 Å². The van der Waals surface area contributed by atoms with Gasteiger partial charge in [0.1, 0.15) is 0 Å². The van der Waals surface area contributed by atoms with Gasteiger partial charge in [0.25, 0.3) is 0 Å². The van der Waals surface area contributed by atoms with Crippen molar-refractivity contribution < 1.29 is 9.21 Å². The molecule has 1 unspecified atom stereocenters. The standard InChI is InChI=1S/C12H18N2O2/c1-14(7-9-4-5-16-8-9)12(15)6-11(13)10-2-3-10/h4-5,8,10-11H,2-3,6-7,13H2,1H3. The van der Waals surface area contributed by atoms with Gasteiger partial charge in [0, 0.05) is 31.6 Å². The first-order chi connectivity index (χ1) is 7.66. The third kappa shape index (κ3) is 2.85. The summed E-state index contributed by atoms with van der Waals surface area (Å²) < 4.78 is 4.96. The van der Waals surface area contributed by atoms with Crippen LogP contribution in [0.4, 0.5) is 0 Å². The smallest absolute Gasteiger partial charge is 0.224 e. The van der Waals surface area contributed by atoms with Crippen molar-refractivity contribution in [2.45, 2.75) is 31.8 Å². The molecule has 1 aliphatic rings. The third-order valence-electron chi connectivity index (χ3n) is 3.06. The highest BCUT2D eigenvalue weighted by molar-refractivity contribution is 5.76. The summed E-state index contributed by atoms with van der Waals surface area (Å²) in [5.41, 5.74) is 6.94. The SMILES string of the molecule is CN(Cc1ccoc1)C(=O)CC(N)C1CC1. The first-order valence-corrected chi connectivity index (χ1v) is 5.67. The van der Waals surface area contributed by atoms with Crippen LogP contribution in [0.2, 0.25) is 0 Å². The average Bonchev–Trinajstić information content (AvgIpc) is 2.98. The molecule has 1 heterocycles. The second-order valence-corrected chi connectivity index (χ2v) is 4.59. The maximum absolute atomic E-state index is 11.8. The van der Waals surface area contributed by atoms with Gasteiger partial charge in [-0.15, -0.1) is 0 Å². The molecule has 1 amide bonds. The highest BCUT2D eigenvalue weighted by atomic mass is 16.3. The number of furan rings is 1. The molecule has 4 nitrogen and oxygen atoms in total. The van der Waals surface area contributed by atoms with E-state index in [4.69, 9.17) is 10.2 Å². The fourth-order valence-electron chi connectivity index (χ4n) is 1.79. The van der Waals surface area contributed by atoms with Gasteiger partial charge in [0.2, 0.25) is 5.91 Å². The van der Waals surface area contributed by atoms with E-state index in [-0.39, 0.29) is 11.9 Å². The number of carbonyl (C=O) groups excluding carboxylic acids is 1. The molecular weight excluding hydrogens is 204 g/mol. The molecule has 0 spiro atoms. The third-order valence-corrected chi connectivity index (χ3v) is 3.06. The molecule has 16 heavy (non-hydrogen) atoms. The predicted octanol–water partition coefficient (Wildman–Crippen LogP) is 1.37. The van der Waals surface area contributed by atoms with Crippen molar-refractivity contribution in [3.8, 4) is 0 Å². The molecule has 1 fully saturated rings. The van der Waals surface area contributed by atoms with Gasteiger partial charge in [-0.25, -0.2) is 0 Å². The Labute approximate surface area is 95.4 Å². The normalized spacial score (nSPS) is 17.1. The minimum Gasteiger partial charge on any atom is -0.472 e. The van der Waals surface area contributed by atoms with Crippen LogP contribution in [0.3, 0.4) is 0 Å². The zero-order valence-electron chi connectivity index (χ0n) is 9.56. The van der Waals surface area contributed by atoms with Gasteiger partial charge in [-0.1, -0.05) is 0 Å². The Kier molecular flexibility index (Phi) is 3.29. The molecule has 1 aliphatic carbocycles. The Morgan fingerprint density at radius 3 is 3.00 bits per heavy atom. The van der Waals surface area contributed by atoms with E-state index in [1.807, 2.05) is 6.07 Å². The van der Waals surface area contributed by atoms with E-state index in [2.05, 4.69) is 0 Å². The lowest BCUT2D eigenvalue weighted by molar-refractivity contribution is -0.130. The van der Waals surface area contributed by atoms with E-state index in [1.54, 1.807) is 24.5 Å². The van der Waals surface area contributed by atoms with Crippen LogP contribution in [0.15, 0.2) is 23.0 Å². The quantitative estimate of drug-likeness (QED) is 0.818. The lowest BCUT2D eigenvalue weighted by atomic mass is 10.1. The first-order valence-electron chi connectivity index (χ1n) is 5.67. The van der Waals surface area contributed by atoms with Gasteiger partial charge >= 0.3 is 0 Å². The summed E-state index contributed by atoms with van der Waals surface area (Å²) in [6.07, 6.45) is 6.09. The van der Waals surface area contributed by atoms with E-state index in [9.17, 15) is 4.79 Å². The molecule has 88 valence electrons. The van der Waals surface area contributed by atoms with Gasteiger partial charge in [-0.05, 0) is 24.8 Å². The van der Waals surface area contributed by atoms with Crippen LogP contribution in [0, 0.1) is 5.92 Å². The van der Waals surface area contributed by atoms with E-state index < -0.39 is 0 Å². The summed E-state index contributed by atoms with van der Waals surface area (Å²) >= 11 is 0. The average molecular weight is 222 g/mol. The molecule has 1 aromatic rings. The van der Waals surface area contributed by atoms with Crippen molar-refractivity contribution in [3.63, 3.8) is 0 Å². The minimum atomic E-state index is 0.0410. The maximum Gasteiger partial charge on any atom is 0.224 e. The summed E-state index contributed by atoms with van der Waals surface area (Å²) in [5.74, 6) is 0.687. The molecule has 2 N–H and O–H groups in total. The van der Waals surface area contributed by atoms with Crippen molar-refractivity contribution in [1.29, 1.82) is 0 Å². The van der Waals surface area contributed by atoms with Crippen LogP contribution in [0.25, 0.3) is 0 Å². The van der Waals surface area contributed by atoms with E-state index >= 15 is 0 Å². The number of rotatable bonds is 5. The Hall–Kier alpha value is -1.29. The Balaban J connectivity index is 1.79. The minimum absolute atomic E-state index is 0.0410. The highest BCUT2D eigenvalue weighted by Gasteiger charge is 2.30. The predicted molar refractivity (Wildman–Crippen MR) is 60.5 cm³/mol. The van der Waals surface area contributed by atoms with Crippen molar-refractivity contribution >= 4 is 5.91 Å². The zero-order valence-corrected chi connectivity index (χ0v) is 9.56. The van der Waals surface area contributed by atoms with Crippen LogP contribution in [0.5, 0.6) is 0 Å². The molecule has 0 aromatic carbocycles. The monoisotopic (exact) mass is 222 g/mol. The number of nitrogens with zero attached hydrogens (tertiary/aromatic N) is 1. The van der Waals surface area contributed by atoms with E-state index in [0.29, 0.717) is 18.9 Å².